The second-order valence-corrected chi connectivity index (χ2v) is 5.59. The summed E-state index contributed by atoms with van der Waals surface area (Å²) >= 11 is 0. The molecule has 0 aromatic carbocycles. The predicted molar refractivity (Wildman–Crippen MR) is 65.1 cm³/mol. The zero-order valence-corrected chi connectivity index (χ0v) is 9.63. The number of anilines is 2. The maximum Gasteiger partial charge on any atom is 0.145 e. The first-order valence-electron chi connectivity index (χ1n) is 6.42. The van der Waals surface area contributed by atoms with Gasteiger partial charge in [-0.25, -0.2) is 15.8 Å². The number of rotatable bonds is 3. The van der Waals surface area contributed by atoms with E-state index in [0.29, 0.717) is 11.9 Å². The van der Waals surface area contributed by atoms with Gasteiger partial charge < -0.3 is 10.7 Å². The van der Waals surface area contributed by atoms with Crippen molar-refractivity contribution in [2.24, 2.45) is 29.5 Å². The first kappa shape index (κ1) is 9.65. The summed E-state index contributed by atoms with van der Waals surface area (Å²) in [6.07, 6.45) is 5.92. The number of hydrogen-bond acceptors (Lipinski definition) is 5. The predicted octanol–water partition coefficient (Wildman–Crippen LogP) is 1.22. The number of aromatic nitrogens is 2. The summed E-state index contributed by atoms with van der Waals surface area (Å²) in [6.45, 7) is 0. The minimum atomic E-state index is 0.654. The fourth-order valence-corrected chi connectivity index (χ4v) is 4.20. The molecule has 17 heavy (non-hydrogen) atoms. The van der Waals surface area contributed by atoms with Gasteiger partial charge in [-0.05, 0) is 42.9 Å². The summed E-state index contributed by atoms with van der Waals surface area (Å²) in [4.78, 5) is 8.26. The highest BCUT2D eigenvalue weighted by Crippen LogP contribution is 2.66. The van der Waals surface area contributed by atoms with Gasteiger partial charge in [0.15, 0.2) is 0 Å². The third-order valence-corrected chi connectivity index (χ3v) is 4.86. The van der Waals surface area contributed by atoms with Gasteiger partial charge >= 0.3 is 0 Å². The molecule has 4 N–H and O–H groups in total. The van der Waals surface area contributed by atoms with Crippen molar-refractivity contribution in [3.63, 3.8) is 0 Å². The van der Waals surface area contributed by atoms with E-state index >= 15 is 0 Å². The topological polar surface area (TPSA) is 75.9 Å². The van der Waals surface area contributed by atoms with E-state index in [9.17, 15) is 0 Å². The number of nitrogens with zero attached hydrogens (tertiary/aromatic N) is 2. The van der Waals surface area contributed by atoms with Crippen molar-refractivity contribution in [2.75, 3.05) is 10.7 Å². The standard InChI is InChI=1S/C12H17N5/c13-17-9-4-8(14-5-15-9)16-12-10-6-1-2-7(3-6)11(10)12/h4-7,10-12H,1-3,13H2,(H2,14,15,16,17). The molecule has 3 fully saturated rings. The smallest absolute Gasteiger partial charge is 0.145 e. The van der Waals surface area contributed by atoms with Crippen LogP contribution in [0.3, 0.4) is 0 Å². The van der Waals surface area contributed by atoms with Crippen molar-refractivity contribution in [3.8, 4) is 0 Å². The summed E-state index contributed by atoms with van der Waals surface area (Å²) in [5, 5.41) is 3.55. The molecule has 3 aliphatic rings. The average molecular weight is 231 g/mol. The van der Waals surface area contributed by atoms with Crippen LogP contribution in [0.4, 0.5) is 11.6 Å². The van der Waals surface area contributed by atoms with Gasteiger partial charge in [-0.1, -0.05) is 0 Å². The Morgan fingerprint density at radius 1 is 1.12 bits per heavy atom. The van der Waals surface area contributed by atoms with Crippen molar-refractivity contribution >= 4 is 11.6 Å². The van der Waals surface area contributed by atoms with Crippen LogP contribution in [0.15, 0.2) is 12.4 Å². The van der Waals surface area contributed by atoms with Crippen molar-refractivity contribution in [2.45, 2.75) is 25.3 Å². The van der Waals surface area contributed by atoms with Gasteiger partial charge in [-0.3, -0.25) is 0 Å². The molecule has 3 aliphatic carbocycles. The van der Waals surface area contributed by atoms with E-state index in [4.69, 9.17) is 5.84 Å². The molecule has 0 saturated heterocycles. The number of nitrogen functional groups attached to an aromatic ring is 1. The Balaban J connectivity index is 1.49. The van der Waals surface area contributed by atoms with E-state index in [0.717, 1.165) is 29.5 Å². The van der Waals surface area contributed by atoms with E-state index in [-0.39, 0.29) is 0 Å². The van der Waals surface area contributed by atoms with Crippen LogP contribution < -0.4 is 16.6 Å². The monoisotopic (exact) mass is 231 g/mol. The lowest BCUT2D eigenvalue weighted by atomic mass is 10.0. The Hall–Kier alpha value is -1.36. The SMILES string of the molecule is NNc1cc(NC2C3C4CCC(C4)C23)ncn1. The minimum absolute atomic E-state index is 0.654. The van der Waals surface area contributed by atoms with E-state index in [2.05, 4.69) is 20.7 Å². The molecule has 1 heterocycles. The van der Waals surface area contributed by atoms with Gasteiger partial charge in [-0.15, -0.1) is 0 Å². The summed E-state index contributed by atoms with van der Waals surface area (Å²) in [6, 6.07) is 2.53. The lowest BCUT2D eigenvalue weighted by Crippen LogP contribution is -2.15. The van der Waals surface area contributed by atoms with Crippen LogP contribution >= 0.6 is 0 Å². The molecule has 90 valence electrons. The van der Waals surface area contributed by atoms with Crippen molar-refractivity contribution in [1.29, 1.82) is 0 Å². The van der Waals surface area contributed by atoms with Gasteiger partial charge in [-0.2, -0.15) is 0 Å². The molecular weight excluding hydrogens is 214 g/mol. The largest absolute Gasteiger partial charge is 0.367 e. The minimum Gasteiger partial charge on any atom is -0.367 e. The molecule has 4 rings (SSSR count). The molecule has 1 aromatic heterocycles. The van der Waals surface area contributed by atoms with Crippen LogP contribution in [0.25, 0.3) is 0 Å². The van der Waals surface area contributed by atoms with Crippen LogP contribution in [0, 0.1) is 23.7 Å². The van der Waals surface area contributed by atoms with E-state index < -0.39 is 0 Å². The number of nitrogens with two attached hydrogens (primary N) is 1. The number of hydrogen-bond donors (Lipinski definition) is 3. The Labute approximate surface area is 100 Å². The fourth-order valence-electron chi connectivity index (χ4n) is 4.20. The molecule has 4 atom stereocenters. The second kappa shape index (κ2) is 3.32. The fraction of sp³-hybridized carbons (Fsp3) is 0.667. The van der Waals surface area contributed by atoms with Crippen molar-refractivity contribution in [1.82, 2.24) is 9.97 Å². The molecule has 3 saturated carbocycles. The number of fused-ring (bicyclic) bond motifs is 5. The Bertz CT molecular complexity index is 432. The number of hydrazine groups is 1. The van der Waals surface area contributed by atoms with Gasteiger partial charge in [0.1, 0.15) is 18.0 Å². The molecule has 4 unspecified atom stereocenters. The maximum atomic E-state index is 5.34. The molecule has 5 heteroatoms. The van der Waals surface area contributed by atoms with Crippen LogP contribution in [-0.4, -0.2) is 16.0 Å². The number of nitrogens with one attached hydrogen (secondary N) is 2. The lowest BCUT2D eigenvalue weighted by molar-refractivity contribution is 0.456. The van der Waals surface area contributed by atoms with Crippen molar-refractivity contribution in [3.05, 3.63) is 12.4 Å². The zero-order valence-electron chi connectivity index (χ0n) is 9.63. The third kappa shape index (κ3) is 1.35. The van der Waals surface area contributed by atoms with Gasteiger partial charge in [0.25, 0.3) is 0 Å². The van der Waals surface area contributed by atoms with Crippen LogP contribution in [-0.2, 0) is 0 Å². The second-order valence-electron chi connectivity index (χ2n) is 5.59. The van der Waals surface area contributed by atoms with E-state index in [1.165, 1.54) is 19.3 Å². The highest BCUT2D eigenvalue weighted by atomic mass is 15.3. The quantitative estimate of drug-likeness (QED) is 0.538. The summed E-state index contributed by atoms with van der Waals surface area (Å²) < 4.78 is 0. The van der Waals surface area contributed by atoms with E-state index in [1.807, 2.05) is 6.07 Å². The summed E-state index contributed by atoms with van der Waals surface area (Å²) in [5.41, 5.74) is 2.55. The highest BCUT2D eigenvalue weighted by Gasteiger charge is 2.65. The first-order valence-corrected chi connectivity index (χ1v) is 6.42. The highest BCUT2D eigenvalue weighted by molar-refractivity contribution is 5.48. The lowest BCUT2D eigenvalue weighted by Gasteiger charge is -2.11. The first-order chi connectivity index (χ1) is 8.36. The van der Waals surface area contributed by atoms with Gasteiger partial charge in [0, 0.05) is 12.1 Å². The Morgan fingerprint density at radius 2 is 1.82 bits per heavy atom. The average Bonchev–Trinajstić information content (AvgIpc) is 2.76. The molecule has 0 amide bonds. The van der Waals surface area contributed by atoms with Crippen LogP contribution in [0.5, 0.6) is 0 Å². The van der Waals surface area contributed by atoms with Crippen molar-refractivity contribution < 1.29 is 0 Å². The molecule has 0 aliphatic heterocycles. The summed E-state index contributed by atoms with van der Waals surface area (Å²) in [5.74, 6) is 10.7. The van der Waals surface area contributed by atoms with Crippen LogP contribution in [0.2, 0.25) is 0 Å². The van der Waals surface area contributed by atoms with E-state index in [1.54, 1.807) is 6.33 Å². The Kier molecular flexibility index (Phi) is 1.88. The molecular formula is C12H17N5. The zero-order chi connectivity index (χ0) is 11.4. The van der Waals surface area contributed by atoms with Crippen LogP contribution in [0.1, 0.15) is 19.3 Å². The molecule has 0 radical (unpaired) electrons. The molecule has 5 nitrogen and oxygen atoms in total. The normalized spacial score (nSPS) is 41.1. The molecule has 2 bridgehead atoms. The third-order valence-electron chi connectivity index (χ3n) is 4.86. The molecule has 1 aromatic rings. The summed E-state index contributed by atoms with van der Waals surface area (Å²) in [7, 11) is 0. The maximum absolute atomic E-state index is 5.34. The Morgan fingerprint density at radius 3 is 2.53 bits per heavy atom. The van der Waals surface area contributed by atoms with Gasteiger partial charge in [0.2, 0.25) is 0 Å². The van der Waals surface area contributed by atoms with Gasteiger partial charge in [0.05, 0.1) is 0 Å². The molecule has 0 spiro atoms.